The summed E-state index contributed by atoms with van der Waals surface area (Å²) >= 11 is 0. The highest BCUT2D eigenvalue weighted by molar-refractivity contribution is 5.91. The van der Waals surface area contributed by atoms with Gasteiger partial charge in [-0.2, -0.15) is 4.98 Å². The Morgan fingerprint density at radius 3 is 2.80 bits per heavy atom. The number of allylic oxidation sites excluding steroid dienone is 1. The van der Waals surface area contributed by atoms with Crippen LogP contribution < -0.4 is 11.1 Å². The number of fused-ring (bicyclic) bond motifs is 1. The molecular formula is C19H22N6. The number of hydrogen-bond acceptors (Lipinski definition) is 5. The molecule has 1 aromatic carbocycles. The number of benzene rings is 1. The molecule has 0 saturated heterocycles. The molecule has 128 valence electrons. The van der Waals surface area contributed by atoms with Crippen molar-refractivity contribution in [1.82, 2.24) is 14.5 Å². The van der Waals surface area contributed by atoms with Gasteiger partial charge in [0.05, 0.1) is 12.1 Å². The number of nitrogens with one attached hydrogen (secondary N) is 1. The van der Waals surface area contributed by atoms with Crippen molar-refractivity contribution in [3.8, 4) is 0 Å². The number of aliphatic imine (C=N–C) groups is 1. The summed E-state index contributed by atoms with van der Waals surface area (Å²) in [5.41, 5.74) is 9.81. The lowest BCUT2D eigenvalue weighted by atomic mass is 10.2. The van der Waals surface area contributed by atoms with E-state index in [-0.39, 0.29) is 5.95 Å². The predicted molar refractivity (Wildman–Crippen MR) is 104 cm³/mol. The Hall–Kier alpha value is -3.15. The van der Waals surface area contributed by atoms with E-state index in [0.29, 0.717) is 6.54 Å². The quantitative estimate of drug-likeness (QED) is 0.676. The lowest BCUT2D eigenvalue weighted by Gasteiger charge is -2.11. The summed E-state index contributed by atoms with van der Waals surface area (Å²) in [5.74, 6) is 0.981. The van der Waals surface area contributed by atoms with Crippen LogP contribution in [0.5, 0.6) is 0 Å². The molecule has 0 radical (unpaired) electrons. The summed E-state index contributed by atoms with van der Waals surface area (Å²) in [5, 5.41) is 3.33. The third kappa shape index (κ3) is 4.03. The maximum atomic E-state index is 5.86. The Morgan fingerprint density at radius 2 is 2.04 bits per heavy atom. The van der Waals surface area contributed by atoms with Crippen LogP contribution in [-0.2, 0) is 6.54 Å². The molecule has 3 rings (SSSR count). The van der Waals surface area contributed by atoms with Crippen LogP contribution in [0.15, 0.2) is 59.9 Å². The minimum atomic E-state index is 0.260. The number of nitrogens with two attached hydrogens (primary N) is 1. The van der Waals surface area contributed by atoms with Gasteiger partial charge in [0.1, 0.15) is 5.52 Å². The Labute approximate surface area is 147 Å². The van der Waals surface area contributed by atoms with Gasteiger partial charge in [-0.05, 0) is 25.5 Å². The summed E-state index contributed by atoms with van der Waals surface area (Å²) in [6, 6.07) is 12.3. The smallest absolute Gasteiger partial charge is 0.222 e. The van der Waals surface area contributed by atoms with Gasteiger partial charge in [-0.1, -0.05) is 36.4 Å². The van der Waals surface area contributed by atoms with Crippen LogP contribution in [0.3, 0.4) is 0 Å². The molecule has 0 amide bonds. The van der Waals surface area contributed by atoms with Crippen LogP contribution in [0.25, 0.3) is 11.0 Å². The fourth-order valence-electron chi connectivity index (χ4n) is 2.62. The molecule has 0 atom stereocenters. The molecule has 0 fully saturated rings. The first-order chi connectivity index (χ1) is 12.2. The Balaban J connectivity index is 1.92. The van der Waals surface area contributed by atoms with Crippen LogP contribution in [0, 0.1) is 0 Å². The minimum absolute atomic E-state index is 0.260. The SMILES string of the molecule is C/C=C\N=C(C)CNc1nc(N)nc2ccn(Cc3ccccc3)c12. The van der Waals surface area contributed by atoms with Crippen LogP contribution in [-0.4, -0.2) is 26.8 Å². The zero-order valence-electron chi connectivity index (χ0n) is 14.5. The minimum Gasteiger partial charge on any atom is -0.368 e. The van der Waals surface area contributed by atoms with E-state index in [1.165, 1.54) is 5.56 Å². The molecule has 3 aromatic rings. The molecule has 0 unspecified atom stereocenters. The van der Waals surface area contributed by atoms with Crippen LogP contribution >= 0.6 is 0 Å². The number of aromatic nitrogens is 3. The van der Waals surface area contributed by atoms with E-state index in [0.717, 1.165) is 29.1 Å². The second kappa shape index (κ2) is 7.61. The third-order valence-electron chi connectivity index (χ3n) is 3.78. The van der Waals surface area contributed by atoms with Gasteiger partial charge in [0, 0.05) is 24.7 Å². The zero-order valence-corrected chi connectivity index (χ0v) is 14.5. The largest absolute Gasteiger partial charge is 0.368 e. The van der Waals surface area contributed by atoms with Gasteiger partial charge in [0.2, 0.25) is 5.95 Å². The summed E-state index contributed by atoms with van der Waals surface area (Å²) < 4.78 is 2.13. The third-order valence-corrected chi connectivity index (χ3v) is 3.78. The second-order valence-electron chi connectivity index (χ2n) is 5.79. The number of rotatable bonds is 6. The lowest BCUT2D eigenvalue weighted by Crippen LogP contribution is -2.14. The standard InChI is InChI=1S/C19H22N6/c1-3-10-21-14(2)12-22-18-17-16(23-19(20)24-18)9-11-25(17)13-15-7-5-4-6-8-15/h3-11H,12-13H2,1-2H3,(H3,20,22,23,24)/b10-3-,21-14?. The van der Waals surface area contributed by atoms with E-state index >= 15 is 0 Å². The van der Waals surface area contributed by atoms with Gasteiger partial charge in [0.15, 0.2) is 5.82 Å². The Bertz CT molecular complexity index is 908. The van der Waals surface area contributed by atoms with Gasteiger partial charge in [0.25, 0.3) is 0 Å². The van der Waals surface area contributed by atoms with Crippen LogP contribution in [0.2, 0.25) is 0 Å². The van der Waals surface area contributed by atoms with E-state index in [2.05, 4.69) is 37.0 Å². The topological polar surface area (TPSA) is 81.1 Å². The highest BCUT2D eigenvalue weighted by Gasteiger charge is 2.11. The molecule has 0 saturated carbocycles. The van der Waals surface area contributed by atoms with Gasteiger partial charge >= 0.3 is 0 Å². The number of hydrogen-bond donors (Lipinski definition) is 2. The van der Waals surface area contributed by atoms with E-state index < -0.39 is 0 Å². The summed E-state index contributed by atoms with van der Waals surface area (Å²) in [6.07, 6.45) is 5.69. The number of anilines is 2. The molecule has 0 aliphatic heterocycles. The van der Waals surface area contributed by atoms with E-state index in [1.54, 1.807) is 6.20 Å². The van der Waals surface area contributed by atoms with E-state index in [9.17, 15) is 0 Å². The molecule has 2 aromatic heterocycles. The maximum absolute atomic E-state index is 5.86. The van der Waals surface area contributed by atoms with Crippen molar-refractivity contribution in [2.45, 2.75) is 20.4 Å². The molecule has 0 spiro atoms. The van der Waals surface area contributed by atoms with Gasteiger partial charge in [-0.3, -0.25) is 4.99 Å². The first kappa shape index (κ1) is 16.7. The highest BCUT2D eigenvalue weighted by atomic mass is 15.1. The van der Waals surface area contributed by atoms with Crippen molar-refractivity contribution >= 4 is 28.5 Å². The molecule has 3 N–H and O–H groups in total. The van der Waals surface area contributed by atoms with Crippen molar-refractivity contribution in [3.05, 3.63) is 60.4 Å². The monoisotopic (exact) mass is 334 g/mol. The van der Waals surface area contributed by atoms with Crippen molar-refractivity contribution in [1.29, 1.82) is 0 Å². The first-order valence-corrected chi connectivity index (χ1v) is 8.22. The van der Waals surface area contributed by atoms with Crippen LogP contribution in [0.4, 0.5) is 11.8 Å². The summed E-state index contributed by atoms with van der Waals surface area (Å²) in [4.78, 5) is 13.1. The fraction of sp³-hybridized carbons (Fsp3) is 0.211. The van der Waals surface area contributed by atoms with Crippen molar-refractivity contribution < 1.29 is 0 Å². The molecule has 25 heavy (non-hydrogen) atoms. The van der Waals surface area contributed by atoms with Gasteiger partial charge in [-0.25, -0.2) is 4.98 Å². The molecule has 2 heterocycles. The molecule has 6 nitrogen and oxygen atoms in total. The summed E-state index contributed by atoms with van der Waals surface area (Å²) in [6.45, 7) is 5.25. The van der Waals surface area contributed by atoms with Gasteiger partial charge in [-0.15, -0.1) is 0 Å². The van der Waals surface area contributed by atoms with Crippen LogP contribution in [0.1, 0.15) is 19.4 Å². The van der Waals surface area contributed by atoms with E-state index in [1.807, 2.05) is 50.4 Å². The molecule has 0 aliphatic rings. The lowest BCUT2D eigenvalue weighted by molar-refractivity contribution is 0.835. The van der Waals surface area contributed by atoms with Gasteiger partial charge < -0.3 is 15.6 Å². The highest BCUT2D eigenvalue weighted by Crippen LogP contribution is 2.23. The normalized spacial score (nSPS) is 12.2. The predicted octanol–water partition coefficient (Wildman–Crippen LogP) is 3.47. The number of nitrogen functional groups attached to an aromatic ring is 1. The number of nitrogens with zero attached hydrogens (tertiary/aromatic N) is 4. The van der Waals surface area contributed by atoms with E-state index in [4.69, 9.17) is 5.73 Å². The fourth-order valence-corrected chi connectivity index (χ4v) is 2.62. The van der Waals surface area contributed by atoms with Crippen molar-refractivity contribution in [2.24, 2.45) is 4.99 Å². The Kier molecular flexibility index (Phi) is 5.09. The summed E-state index contributed by atoms with van der Waals surface area (Å²) in [7, 11) is 0. The molecular weight excluding hydrogens is 312 g/mol. The Morgan fingerprint density at radius 1 is 1.24 bits per heavy atom. The molecule has 0 aliphatic carbocycles. The molecule has 0 bridgehead atoms. The maximum Gasteiger partial charge on any atom is 0.222 e. The zero-order chi connectivity index (χ0) is 17.6. The molecule has 6 heteroatoms. The second-order valence-corrected chi connectivity index (χ2v) is 5.79. The van der Waals surface area contributed by atoms with Crippen molar-refractivity contribution in [2.75, 3.05) is 17.6 Å². The average Bonchev–Trinajstić information content (AvgIpc) is 3.01. The van der Waals surface area contributed by atoms with Crippen molar-refractivity contribution in [3.63, 3.8) is 0 Å². The average molecular weight is 334 g/mol. The first-order valence-electron chi connectivity index (χ1n) is 8.22.